The Labute approximate surface area is 115 Å². The lowest BCUT2D eigenvalue weighted by atomic mass is 10.1. The fourth-order valence-corrected chi connectivity index (χ4v) is 2.68. The van der Waals surface area contributed by atoms with Gasteiger partial charge >= 0.3 is 0 Å². The Bertz CT molecular complexity index is 338. The maximum atomic E-state index is 4.15. The molecule has 0 spiro atoms. The van der Waals surface area contributed by atoms with Gasteiger partial charge in [0.1, 0.15) is 5.82 Å². The lowest BCUT2D eigenvalue weighted by Crippen LogP contribution is -2.26. The molecule has 1 aromatic rings. The minimum absolute atomic E-state index is 0.645. The highest BCUT2D eigenvalue weighted by molar-refractivity contribution is 7.99. The molecule has 0 fully saturated rings. The molecule has 1 unspecified atom stereocenters. The van der Waals surface area contributed by atoms with Crippen molar-refractivity contribution in [3.05, 3.63) is 5.82 Å². The molecule has 0 aliphatic heterocycles. The smallest absolute Gasteiger partial charge is 0.190 e. The first kappa shape index (κ1) is 15.5. The van der Waals surface area contributed by atoms with E-state index in [0.29, 0.717) is 6.04 Å². The van der Waals surface area contributed by atoms with Gasteiger partial charge in [-0.25, -0.2) is 0 Å². The number of nitrogens with zero attached hydrogens (tertiary/aromatic N) is 3. The summed E-state index contributed by atoms with van der Waals surface area (Å²) in [5.41, 5.74) is 0. The molecule has 0 aliphatic carbocycles. The highest BCUT2D eigenvalue weighted by Gasteiger charge is 2.05. The fourth-order valence-electron chi connectivity index (χ4n) is 1.72. The summed E-state index contributed by atoms with van der Waals surface area (Å²) in [5, 5.41) is 12.8. The SMILES string of the molecule is CCCNC(C)CCCCSc1nnc(C)n1C. The van der Waals surface area contributed by atoms with Gasteiger partial charge in [-0.05, 0) is 39.7 Å². The van der Waals surface area contributed by atoms with Gasteiger partial charge in [-0.15, -0.1) is 10.2 Å². The average molecular weight is 270 g/mol. The summed E-state index contributed by atoms with van der Waals surface area (Å²) in [7, 11) is 2.02. The summed E-state index contributed by atoms with van der Waals surface area (Å²) in [6, 6.07) is 0.645. The number of unbranched alkanes of at least 4 members (excludes halogenated alkanes) is 1. The first-order valence-corrected chi connectivity index (χ1v) is 7.85. The molecule has 1 heterocycles. The quantitative estimate of drug-likeness (QED) is 0.553. The Morgan fingerprint density at radius 2 is 2.11 bits per heavy atom. The zero-order valence-electron chi connectivity index (χ0n) is 12.1. The first-order valence-electron chi connectivity index (χ1n) is 6.87. The Balaban J connectivity index is 2.07. The van der Waals surface area contributed by atoms with Crippen LogP contribution in [0.5, 0.6) is 0 Å². The Morgan fingerprint density at radius 1 is 1.33 bits per heavy atom. The van der Waals surface area contributed by atoms with Gasteiger partial charge in [0.15, 0.2) is 5.16 Å². The van der Waals surface area contributed by atoms with Crippen molar-refractivity contribution >= 4 is 11.8 Å². The fraction of sp³-hybridized carbons (Fsp3) is 0.846. The van der Waals surface area contributed by atoms with Crippen LogP contribution < -0.4 is 5.32 Å². The van der Waals surface area contributed by atoms with Gasteiger partial charge in [0.05, 0.1) is 0 Å². The van der Waals surface area contributed by atoms with Crippen LogP contribution in [0.2, 0.25) is 0 Å². The number of rotatable bonds is 9. The van der Waals surface area contributed by atoms with E-state index >= 15 is 0 Å². The molecule has 0 radical (unpaired) electrons. The minimum Gasteiger partial charge on any atom is -0.314 e. The van der Waals surface area contributed by atoms with Crippen LogP contribution in [0.1, 0.15) is 45.4 Å². The van der Waals surface area contributed by atoms with Crippen molar-refractivity contribution in [1.82, 2.24) is 20.1 Å². The van der Waals surface area contributed by atoms with Gasteiger partial charge in [-0.3, -0.25) is 0 Å². The van der Waals surface area contributed by atoms with Gasteiger partial charge < -0.3 is 9.88 Å². The second kappa shape index (κ2) is 8.53. The van der Waals surface area contributed by atoms with Crippen molar-refractivity contribution in [3.8, 4) is 0 Å². The van der Waals surface area contributed by atoms with Crippen LogP contribution in [0.4, 0.5) is 0 Å². The molecule has 1 aromatic heterocycles. The molecule has 0 saturated heterocycles. The number of thioether (sulfide) groups is 1. The Morgan fingerprint density at radius 3 is 2.72 bits per heavy atom. The molecule has 1 N–H and O–H groups in total. The van der Waals surface area contributed by atoms with Crippen molar-refractivity contribution in [3.63, 3.8) is 0 Å². The summed E-state index contributed by atoms with van der Waals surface area (Å²) >= 11 is 1.81. The van der Waals surface area contributed by atoms with Gasteiger partial charge in [-0.2, -0.15) is 0 Å². The minimum atomic E-state index is 0.645. The van der Waals surface area contributed by atoms with Gasteiger partial charge in [0.25, 0.3) is 0 Å². The highest BCUT2D eigenvalue weighted by atomic mass is 32.2. The number of hydrogen-bond acceptors (Lipinski definition) is 4. The Hall–Kier alpha value is -0.550. The van der Waals surface area contributed by atoms with Crippen LogP contribution in [0.3, 0.4) is 0 Å². The molecular weight excluding hydrogens is 244 g/mol. The third-order valence-electron chi connectivity index (χ3n) is 3.06. The van der Waals surface area contributed by atoms with E-state index in [-0.39, 0.29) is 0 Å². The third kappa shape index (κ3) is 5.40. The number of hydrogen-bond donors (Lipinski definition) is 1. The van der Waals surface area contributed by atoms with Crippen molar-refractivity contribution in [1.29, 1.82) is 0 Å². The van der Waals surface area contributed by atoms with E-state index in [1.807, 2.05) is 14.0 Å². The van der Waals surface area contributed by atoms with E-state index in [1.54, 1.807) is 11.8 Å². The van der Waals surface area contributed by atoms with Crippen molar-refractivity contribution in [2.45, 2.75) is 57.7 Å². The number of nitrogens with one attached hydrogen (secondary N) is 1. The molecule has 18 heavy (non-hydrogen) atoms. The molecule has 0 aromatic carbocycles. The monoisotopic (exact) mass is 270 g/mol. The largest absolute Gasteiger partial charge is 0.314 e. The third-order valence-corrected chi connectivity index (χ3v) is 4.16. The summed E-state index contributed by atoms with van der Waals surface area (Å²) in [5.74, 6) is 2.11. The van der Waals surface area contributed by atoms with E-state index in [0.717, 1.165) is 23.3 Å². The van der Waals surface area contributed by atoms with E-state index < -0.39 is 0 Å². The van der Waals surface area contributed by atoms with Crippen LogP contribution in [0.25, 0.3) is 0 Å². The maximum absolute atomic E-state index is 4.15. The predicted molar refractivity (Wildman–Crippen MR) is 78.1 cm³/mol. The summed E-state index contributed by atoms with van der Waals surface area (Å²) < 4.78 is 2.05. The molecule has 1 atom stereocenters. The molecular formula is C13H26N4S. The zero-order chi connectivity index (χ0) is 13.4. The molecule has 0 bridgehead atoms. The molecule has 0 amide bonds. The van der Waals surface area contributed by atoms with Crippen LogP contribution in [-0.2, 0) is 7.05 Å². The molecule has 4 nitrogen and oxygen atoms in total. The normalized spacial score (nSPS) is 12.9. The summed E-state index contributed by atoms with van der Waals surface area (Å²) in [4.78, 5) is 0. The highest BCUT2D eigenvalue weighted by Crippen LogP contribution is 2.17. The van der Waals surface area contributed by atoms with E-state index in [4.69, 9.17) is 0 Å². The second-order valence-electron chi connectivity index (χ2n) is 4.79. The average Bonchev–Trinajstić information content (AvgIpc) is 2.67. The van der Waals surface area contributed by atoms with Crippen LogP contribution in [-0.4, -0.2) is 33.1 Å². The summed E-state index contributed by atoms with van der Waals surface area (Å²) in [6.45, 7) is 7.60. The molecule has 0 aliphatic rings. The zero-order valence-corrected chi connectivity index (χ0v) is 12.9. The predicted octanol–water partition coefficient (Wildman–Crippen LogP) is 2.77. The maximum Gasteiger partial charge on any atom is 0.190 e. The molecule has 1 rings (SSSR count). The number of aryl methyl sites for hydroxylation is 1. The van der Waals surface area contributed by atoms with Gasteiger partial charge in [0, 0.05) is 18.8 Å². The lowest BCUT2D eigenvalue weighted by Gasteiger charge is -2.12. The van der Waals surface area contributed by atoms with Crippen molar-refractivity contribution < 1.29 is 0 Å². The van der Waals surface area contributed by atoms with Gasteiger partial charge in [0.2, 0.25) is 0 Å². The molecule has 0 saturated carbocycles. The molecule has 5 heteroatoms. The van der Waals surface area contributed by atoms with Crippen molar-refractivity contribution in [2.24, 2.45) is 7.05 Å². The standard InChI is InChI=1S/C13H26N4S/c1-5-9-14-11(2)8-6-7-10-18-13-16-15-12(3)17(13)4/h11,14H,5-10H2,1-4H3. The second-order valence-corrected chi connectivity index (χ2v) is 5.85. The first-order chi connectivity index (χ1) is 8.65. The lowest BCUT2D eigenvalue weighted by molar-refractivity contribution is 0.496. The van der Waals surface area contributed by atoms with Crippen LogP contribution in [0.15, 0.2) is 5.16 Å². The summed E-state index contributed by atoms with van der Waals surface area (Å²) in [6.07, 6.45) is 5.00. The van der Waals surface area contributed by atoms with E-state index in [9.17, 15) is 0 Å². The topological polar surface area (TPSA) is 42.7 Å². The van der Waals surface area contributed by atoms with E-state index in [1.165, 1.54) is 25.7 Å². The van der Waals surface area contributed by atoms with E-state index in [2.05, 4.69) is 33.9 Å². The molecule has 104 valence electrons. The van der Waals surface area contributed by atoms with Gasteiger partial charge in [-0.1, -0.05) is 25.1 Å². The van der Waals surface area contributed by atoms with Crippen molar-refractivity contribution in [2.75, 3.05) is 12.3 Å². The Kier molecular flexibility index (Phi) is 7.35. The van der Waals surface area contributed by atoms with Crippen LogP contribution in [0, 0.1) is 6.92 Å². The van der Waals surface area contributed by atoms with Crippen LogP contribution >= 0.6 is 11.8 Å². The number of aromatic nitrogens is 3.